The minimum Gasteiger partial charge on any atom is -0.444 e. The van der Waals surface area contributed by atoms with E-state index < -0.39 is 29.3 Å². The first kappa shape index (κ1) is 22.4. The van der Waals surface area contributed by atoms with Crippen LogP contribution in [0.15, 0.2) is 33.5 Å². The van der Waals surface area contributed by atoms with Crippen LogP contribution in [-0.4, -0.2) is 30.3 Å². The van der Waals surface area contributed by atoms with Crippen LogP contribution in [0.3, 0.4) is 0 Å². The summed E-state index contributed by atoms with van der Waals surface area (Å²) >= 11 is 0. The molecule has 0 saturated heterocycles. The molecule has 29 heavy (non-hydrogen) atoms. The number of hydrogen-bond donors (Lipinski definition) is 2. The highest BCUT2D eigenvalue weighted by Crippen LogP contribution is 2.22. The van der Waals surface area contributed by atoms with Crippen molar-refractivity contribution in [3.63, 3.8) is 0 Å². The van der Waals surface area contributed by atoms with Crippen LogP contribution in [0.2, 0.25) is 0 Å². The second-order valence-electron chi connectivity index (χ2n) is 7.86. The number of carbonyl (C=O) groups excluding carboxylic acids is 2. The normalized spacial score (nSPS) is 12.4. The van der Waals surface area contributed by atoms with Crippen LogP contribution in [-0.2, 0) is 9.53 Å². The molecule has 0 spiro atoms. The van der Waals surface area contributed by atoms with E-state index in [9.17, 15) is 14.4 Å². The molecule has 1 atom stereocenters. The Morgan fingerprint density at radius 1 is 1.21 bits per heavy atom. The van der Waals surface area contributed by atoms with Gasteiger partial charge < -0.3 is 24.9 Å². The zero-order chi connectivity index (χ0) is 21.6. The largest absolute Gasteiger partial charge is 0.444 e. The summed E-state index contributed by atoms with van der Waals surface area (Å²) in [6.45, 7) is 7.61. The predicted octanol–water partition coefficient (Wildman–Crippen LogP) is 3.03. The van der Waals surface area contributed by atoms with Gasteiger partial charge in [-0.15, -0.1) is 0 Å². The van der Waals surface area contributed by atoms with Gasteiger partial charge in [0.1, 0.15) is 23.0 Å². The average molecular weight is 404 g/mol. The Balaban J connectivity index is 1.78. The average Bonchev–Trinajstić information content (AvgIpc) is 2.59. The number of nitrogens with two attached hydrogens (primary N) is 1. The molecule has 0 aliphatic rings. The van der Waals surface area contributed by atoms with Crippen molar-refractivity contribution in [1.29, 1.82) is 0 Å². The van der Waals surface area contributed by atoms with E-state index in [1.807, 2.05) is 0 Å². The summed E-state index contributed by atoms with van der Waals surface area (Å²) in [5.41, 5.74) is 6.02. The van der Waals surface area contributed by atoms with E-state index in [0.29, 0.717) is 31.4 Å². The predicted molar refractivity (Wildman–Crippen MR) is 109 cm³/mol. The summed E-state index contributed by atoms with van der Waals surface area (Å²) in [6, 6.07) is 5.46. The number of amides is 1. The monoisotopic (exact) mass is 404 g/mol. The molecule has 0 aliphatic heterocycles. The maximum atomic E-state index is 12.2. The summed E-state index contributed by atoms with van der Waals surface area (Å²) in [5, 5.41) is 3.42. The first-order valence-electron chi connectivity index (χ1n) is 9.54. The van der Waals surface area contributed by atoms with Gasteiger partial charge >= 0.3 is 17.7 Å². The van der Waals surface area contributed by atoms with Crippen LogP contribution in [0, 0.1) is 6.92 Å². The molecule has 1 aromatic carbocycles. The summed E-state index contributed by atoms with van der Waals surface area (Å²) < 4.78 is 15.6. The van der Waals surface area contributed by atoms with Crippen LogP contribution in [0.5, 0.6) is 5.75 Å². The van der Waals surface area contributed by atoms with Gasteiger partial charge in [0.25, 0.3) is 0 Å². The van der Waals surface area contributed by atoms with Gasteiger partial charge in [-0.2, -0.15) is 0 Å². The highest BCUT2D eigenvalue weighted by Gasteiger charge is 2.17. The third-order valence-electron chi connectivity index (χ3n) is 4.05. The maximum Gasteiger partial charge on any atom is 0.407 e. The second kappa shape index (κ2) is 9.56. The maximum absolute atomic E-state index is 12.2. The van der Waals surface area contributed by atoms with Crippen molar-refractivity contribution in [1.82, 2.24) is 5.32 Å². The number of benzene rings is 1. The number of unbranched alkanes of at least 4 members (excludes halogenated alkanes) is 1. The molecule has 158 valence electrons. The molecule has 0 unspecified atom stereocenters. The van der Waals surface area contributed by atoms with E-state index >= 15 is 0 Å². The molecule has 1 aromatic heterocycles. The van der Waals surface area contributed by atoms with Crippen molar-refractivity contribution < 1.29 is 23.5 Å². The molecule has 0 saturated carbocycles. The lowest BCUT2D eigenvalue weighted by Crippen LogP contribution is -2.35. The van der Waals surface area contributed by atoms with Gasteiger partial charge in [0.05, 0.1) is 0 Å². The smallest absolute Gasteiger partial charge is 0.407 e. The number of ether oxygens (including phenoxy) is 2. The molecule has 8 nitrogen and oxygen atoms in total. The lowest BCUT2D eigenvalue weighted by molar-refractivity contribution is -0.136. The molecular formula is C21H28N2O6. The SMILES string of the molecule is Cc1cc(=O)oc2cc(OC(=O)[C@H](N)CCCCNC(=O)OC(C)(C)C)ccc12. The Morgan fingerprint density at radius 2 is 1.93 bits per heavy atom. The van der Waals surface area contributed by atoms with Gasteiger partial charge in [-0.05, 0) is 64.7 Å². The third kappa shape index (κ3) is 7.23. The molecule has 0 bridgehead atoms. The zero-order valence-electron chi connectivity index (χ0n) is 17.2. The van der Waals surface area contributed by atoms with Gasteiger partial charge in [0.2, 0.25) is 0 Å². The molecule has 1 amide bonds. The van der Waals surface area contributed by atoms with E-state index in [-0.39, 0.29) is 5.75 Å². The quantitative estimate of drug-likeness (QED) is 0.315. The number of carbonyl (C=O) groups is 2. The molecule has 3 N–H and O–H groups in total. The zero-order valence-corrected chi connectivity index (χ0v) is 17.2. The molecule has 2 aromatic rings. The molecule has 8 heteroatoms. The fraction of sp³-hybridized carbons (Fsp3) is 0.476. The molecule has 2 rings (SSSR count). The number of aryl methyl sites for hydroxylation is 1. The minimum absolute atomic E-state index is 0.262. The first-order valence-corrected chi connectivity index (χ1v) is 9.54. The highest BCUT2D eigenvalue weighted by atomic mass is 16.6. The van der Waals surface area contributed by atoms with E-state index in [0.717, 1.165) is 10.9 Å². The van der Waals surface area contributed by atoms with Crippen LogP contribution >= 0.6 is 0 Å². The highest BCUT2D eigenvalue weighted by molar-refractivity contribution is 5.83. The fourth-order valence-electron chi connectivity index (χ4n) is 2.67. The molecular weight excluding hydrogens is 376 g/mol. The summed E-state index contributed by atoms with van der Waals surface area (Å²) in [6.07, 6.45) is 1.23. The third-order valence-corrected chi connectivity index (χ3v) is 4.05. The van der Waals surface area contributed by atoms with E-state index in [1.54, 1.807) is 39.8 Å². The van der Waals surface area contributed by atoms with Gasteiger partial charge in [0.15, 0.2) is 0 Å². The lowest BCUT2D eigenvalue weighted by atomic mass is 10.1. The van der Waals surface area contributed by atoms with Crippen molar-refractivity contribution in [3.8, 4) is 5.75 Å². The molecule has 1 heterocycles. The van der Waals surface area contributed by atoms with Gasteiger partial charge in [-0.3, -0.25) is 0 Å². The van der Waals surface area contributed by atoms with Crippen molar-refractivity contribution in [2.24, 2.45) is 5.73 Å². The van der Waals surface area contributed by atoms with Gasteiger partial charge in [0, 0.05) is 24.1 Å². The number of alkyl carbamates (subject to hydrolysis) is 1. The Labute approximate surface area is 169 Å². The number of hydrogen-bond acceptors (Lipinski definition) is 7. The Morgan fingerprint density at radius 3 is 2.62 bits per heavy atom. The summed E-state index contributed by atoms with van der Waals surface area (Å²) in [4.78, 5) is 35.2. The van der Waals surface area contributed by atoms with Crippen molar-refractivity contribution in [3.05, 3.63) is 40.2 Å². The van der Waals surface area contributed by atoms with Crippen molar-refractivity contribution in [2.45, 2.75) is 58.6 Å². The van der Waals surface area contributed by atoms with Gasteiger partial charge in [-0.25, -0.2) is 14.4 Å². The lowest BCUT2D eigenvalue weighted by Gasteiger charge is -2.19. The van der Waals surface area contributed by atoms with E-state index in [2.05, 4.69) is 5.32 Å². The number of rotatable bonds is 7. The summed E-state index contributed by atoms with van der Waals surface area (Å²) in [7, 11) is 0. The molecule has 0 aliphatic carbocycles. The number of nitrogens with one attached hydrogen (secondary N) is 1. The van der Waals surface area contributed by atoms with Crippen molar-refractivity contribution >= 4 is 23.0 Å². The minimum atomic E-state index is -0.795. The number of fused-ring (bicyclic) bond motifs is 1. The molecule has 0 radical (unpaired) electrons. The van der Waals surface area contributed by atoms with Gasteiger partial charge in [-0.1, -0.05) is 0 Å². The van der Waals surface area contributed by atoms with Crippen LogP contribution < -0.4 is 21.4 Å². The van der Waals surface area contributed by atoms with Crippen molar-refractivity contribution in [2.75, 3.05) is 6.54 Å². The second-order valence-corrected chi connectivity index (χ2v) is 7.86. The first-order chi connectivity index (χ1) is 13.5. The summed E-state index contributed by atoms with van der Waals surface area (Å²) in [5.74, 6) is -0.308. The van der Waals surface area contributed by atoms with E-state index in [4.69, 9.17) is 19.6 Å². The standard InChI is InChI=1S/C21H28N2O6/c1-13-11-18(24)28-17-12-14(8-9-15(13)17)27-19(25)16(22)7-5-6-10-23-20(26)29-21(2,3)4/h8-9,11-12,16H,5-7,10,22H2,1-4H3,(H,23,26)/t16-/m1/s1. The molecule has 0 fully saturated rings. The Kier molecular flexibility index (Phi) is 7.39. The number of esters is 1. The Hall–Kier alpha value is -2.87. The topological polar surface area (TPSA) is 121 Å². The van der Waals surface area contributed by atoms with Crippen LogP contribution in [0.25, 0.3) is 11.0 Å². The fourth-order valence-corrected chi connectivity index (χ4v) is 2.67. The Bertz CT molecular complexity index is 929. The van der Waals surface area contributed by atoms with E-state index in [1.165, 1.54) is 12.1 Å². The van der Waals surface area contributed by atoms with Crippen LogP contribution in [0.4, 0.5) is 4.79 Å². The van der Waals surface area contributed by atoms with Crippen LogP contribution in [0.1, 0.15) is 45.6 Å².